The molecular formula is C46H79O4U-. The van der Waals surface area contributed by atoms with Crippen LogP contribution in [0.3, 0.4) is 0 Å². The zero-order valence-electron chi connectivity index (χ0n) is 33.5. The van der Waals surface area contributed by atoms with E-state index in [0.717, 1.165) is 67.6 Å². The van der Waals surface area contributed by atoms with Gasteiger partial charge in [0.05, 0.1) is 6.10 Å². The van der Waals surface area contributed by atoms with E-state index in [-0.39, 0.29) is 55.1 Å². The third-order valence-corrected chi connectivity index (χ3v) is 13.5. The maximum Gasteiger partial charge on any atom is 0.306 e. The predicted molar refractivity (Wildman–Crippen MR) is 208 cm³/mol. The molecule has 0 heterocycles. The minimum Gasteiger partial charge on any atom is -0.532 e. The maximum atomic E-state index is 12.8. The van der Waals surface area contributed by atoms with Crippen LogP contribution in [0.1, 0.15) is 219 Å². The molecule has 0 bridgehead atoms. The van der Waals surface area contributed by atoms with Crippen LogP contribution >= 0.6 is 0 Å². The van der Waals surface area contributed by atoms with Gasteiger partial charge in [-0.05, 0) is 119 Å². The van der Waals surface area contributed by atoms with E-state index in [0.29, 0.717) is 37.9 Å². The van der Waals surface area contributed by atoms with Gasteiger partial charge in [0.15, 0.2) is 0 Å². The van der Waals surface area contributed by atoms with E-state index < -0.39 is 0 Å². The van der Waals surface area contributed by atoms with Gasteiger partial charge in [-0.3, -0.25) is 9.59 Å². The largest absolute Gasteiger partial charge is 0.532 e. The Balaban J connectivity index is 0.00000702. The first-order valence-corrected chi connectivity index (χ1v) is 22.4. The van der Waals surface area contributed by atoms with Gasteiger partial charge in [0.2, 0.25) is 0 Å². The summed E-state index contributed by atoms with van der Waals surface area (Å²) >= 11 is 0. The first-order chi connectivity index (χ1) is 24.4. The summed E-state index contributed by atoms with van der Waals surface area (Å²) in [7, 11) is 0. The fourth-order valence-corrected chi connectivity index (χ4v) is 10.8. The van der Waals surface area contributed by atoms with Gasteiger partial charge in [-0.15, -0.1) is 0 Å². The van der Waals surface area contributed by atoms with E-state index in [1.54, 1.807) is 0 Å². The average molecular weight is 934 g/mol. The van der Waals surface area contributed by atoms with Crippen molar-refractivity contribution in [2.45, 2.75) is 232 Å². The molecule has 0 spiro atoms. The van der Waals surface area contributed by atoms with Crippen molar-refractivity contribution in [3.8, 4) is 0 Å². The third-order valence-electron chi connectivity index (χ3n) is 13.5. The van der Waals surface area contributed by atoms with Crippen molar-refractivity contribution in [2.24, 2.45) is 35.5 Å². The summed E-state index contributed by atoms with van der Waals surface area (Å²) in [5.74, 6) is 6.18. The number of rotatable bonds is 27. The molecule has 0 aromatic heterocycles. The molecule has 0 radical (unpaired) electrons. The second-order valence-electron chi connectivity index (χ2n) is 17.7. The molecule has 4 aliphatic carbocycles. The molecule has 4 unspecified atom stereocenters. The topological polar surface area (TPSA) is 52.6 Å². The summed E-state index contributed by atoms with van der Waals surface area (Å²) in [6.07, 6.45) is 37.3. The summed E-state index contributed by atoms with van der Waals surface area (Å²) in [5, 5.41) is 0. The minimum absolute atomic E-state index is 0. The minimum atomic E-state index is -0.120. The third kappa shape index (κ3) is 17.8. The molecule has 292 valence electrons. The van der Waals surface area contributed by atoms with E-state index in [9.17, 15) is 9.59 Å². The number of hydrogen-bond donors (Lipinski definition) is 0. The Kier molecular flexibility index (Phi) is 23.5. The van der Waals surface area contributed by atoms with Crippen molar-refractivity contribution in [3.05, 3.63) is 12.3 Å². The molecule has 0 N–H and O–H groups in total. The molecule has 0 saturated heterocycles. The normalized spacial score (nSPS) is 26.3. The number of hydrogen-bond acceptors (Lipinski definition) is 4. The van der Waals surface area contributed by atoms with Crippen LogP contribution in [0.25, 0.3) is 0 Å². The van der Waals surface area contributed by atoms with Crippen molar-refractivity contribution >= 4 is 11.8 Å². The first-order valence-electron chi connectivity index (χ1n) is 22.4. The second kappa shape index (κ2) is 26.5. The van der Waals surface area contributed by atoms with Crippen LogP contribution in [0, 0.1) is 73.2 Å². The van der Waals surface area contributed by atoms with Crippen LogP contribution < -0.4 is 0 Å². The van der Waals surface area contributed by atoms with Gasteiger partial charge in [0.1, 0.15) is 11.9 Å². The van der Waals surface area contributed by atoms with E-state index in [1.165, 1.54) is 141 Å². The van der Waals surface area contributed by atoms with Crippen LogP contribution in [0.15, 0.2) is 5.76 Å². The molecule has 51 heavy (non-hydrogen) atoms. The number of esters is 1. The summed E-state index contributed by atoms with van der Waals surface area (Å²) in [5.41, 5.74) is 0. The number of unbranched alkanes of at least 4 members (excludes halogenated alkanes) is 8. The molecule has 4 rings (SSSR count). The van der Waals surface area contributed by atoms with Crippen LogP contribution in [-0.4, -0.2) is 24.0 Å². The summed E-state index contributed by atoms with van der Waals surface area (Å²) in [6.45, 7) is 11.1. The van der Waals surface area contributed by atoms with Gasteiger partial charge in [0.25, 0.3) is 0 Å². The number of ketones is 1. The van der Waals surface area contributed by atoms with E-state index >= 15 is 0 Å². The van der Waals surface area contributed by atoms with Crippen LogP contribution in [0.5, 0.6) is 0 Å². The Labute approximate surface area is 339 Å². The van der Waals surface area contributed by atoms with Gasteiger partial charge in [-0.25, -0.2) is 0 Å². The van der Waals surface area contributed by atoms with E-state index in [4.69, 9.17) is 16.1 Å². The molecule has 4 atom stereocenters. The number of carbonyl (C=O) groups is 2. The predicted octanol–water partition coefficient (Wildman–Crippen LogP) is 13.4. The molecule has 5 heteroatoms. The molecule has 4 nitrogen and oxygen atoms in total. The van der Waals surface area contributed by atoms with Crippen molar-refractivity contribution in [2.75, 3.05) is 0 Å². The Morgan fingerprint density at radius 2 is 0.980 bits per heavy atom. The van der Waals surface area contributed by atoms with Crippen LogP contribution in [0.4, 0.5) is 0 Å². The molecule has 0 aliphatic heterocycles. The molecule has 0 aromatic rings. The molecule has 4 aliphatic rings. The summed E-state index contributed by atoms with van der Waals surface area (Å²) in [4.78, 5) is 25.5. The number of ether oxygens (including phenoxy) is 2. The van der Waals surface area contributed by atoms with E-state index in [1.807, 2.05) is 0 Å². The fraction of sp³-hybridized carbons (Fsp3) is 0.913. The average Bonchev–Trinajstić information content (AvgIpc) is 3.70. The monoisotopic (exact) mass is 934 g/mol. The Hall–Kier alpha value is -0.268. The Morgan fingerprint density at radius 3 is 1.43 bits per heavy atom. The van der Waals surface area contributed by atoms with Gasteiger partial charge >= 0.3 is 5.97 Å². The van der Waals surface area contributed by atoms with E-state index in [2.05, 4.69) is 13.8 Å². The summed E-state index contributed by atoms with van der Waals surface area (Å²) in [6, 6.07) is 0. The Morgan fingerprint density at radius 1 is 0.549 bits per heavy atom. The van der Waals surface area contributed by atoms with Crippen molar-refractivity contribution in [1.29, 1.82) is 0 Å². The number of Topliss-reactive ketones (excluding diaryl/α,β-unsaturated/α-hetero) is 1. The van der Waals surface area contributed by atoms with Crippen LogP contribution in [-0.2, 0) is 19.1 Å². The molecular weight excluding hydrogens is 855 g/mol. The summed E-state index contributed by atoms with van der Waals surface area (Å²) < 4.78 is 12.6. The SMILES string of the molecule is [CH-]=C(CCCC(=O)CCCC(=O)OC(CCCCCCC)CCCCCCC)OC(CC1CC2CCCCC2C1)CC1CC2CCCCC2C1.[U]. The quantitative estimate of drug-likeness (QED) is 0.0356. The second-order valence-corrected chi connectivity index (χ2v) is 17.7. The molecule has 0 aromatic carbocycles. The first kappa shape index (κ1) is 45.1. The standard InChI is InChI=1S/C46H79O4.U/c1-4-6-8-10-12-27-44(28-13-11-9-7-5-2)50-46(48)29-19-26-43(47)25-18-20-36(3)49-45(34-37-30-39-21-14-15-22-40(39)31-37)35-38-32-41-23-16-17-24-42(41)33-38;/h3,37-42,44-45H,4-35H2,1-2H3;/q-1;. The smallest absolute Gasteiger partial charge is 0.306 e. The molecule has 0 amide bonds. The van der Waals surface area contributed by atoms with Gasteiger partial charge < -0.3 is 16.1 Å². The number of allylic oxidation sites excluding steroid dienone is 1. The molecule has 4 saturated carbocycles. The van der Waals surface area contributed by atoms with Gasteiger partial charge in [-0.2, -0.15) is 0 Å². The zero-order valence-corrected chi connectivity index (χ0v) is 37.6. The molecule has 4 fully saturated rings. The number of fused-ring (bicyclic) bond motifs is 2. The Bertz CT molecular complexity index is 889. The maximum absolute atomic E-state index is 12.8. The van der Waals surface area contributed by atoms with Gasteiger partial charge in [-0.1, -0.05) is 122 Å². The number of carbonyl (C=O) groups excluding carboxylic acids is 2. The van der Waals surface area contributed by atoms with Crippen LogP contribution in [0.2, 0.25) is 0 Å². The van der Waals surface area contributed by atoms with Crippen molar-refractivity contribution in [3.63, 3.8) is 0 Å². The van der Waals surface area contributed by atoms with Crippen molar-refractivity contribution < 1.29 is 50.2 Å². The van der Waals surface area contributed by atoms with Gasteiger partial charge in [0, 0.05) is 50.4 Å². The zero-order chi connectivity index (χ0) is 35.4. The van der Waals surface area contributed by atoms with Crippen molar-refractivity contribution in [1.82, 2.24) is 0 Å². The fourth-order valence-electron chi connectivity index (χ4n) is 10.8.